The number of pyridine rings is 1. The minimum Gasteiger partial charge on any atom is -0.481 e. The molecule has 1 aromatic carbocycles. The summed E-state index contributed by atoms with van der Waals surface area (Å²) in [6, 6.07) is 11.2. The first kappa shape index (κ1) is 23.2. The van der Waals surface area contributed by atoms with Gasteiger partial charge in [0.1, 0.15) is 6.67 Å². The van der Waals surface area contributed by atoms with Crippen LogP contribution in [0.4, 0.5) is 4.39 Å². The van der Waals surface area contributed by atoms with Crippen LogP contribution < -0.4 is 15.4 Å². The number of alkyl halides is 1. The molecule has 8 heteroatoms. The molecule has 0 unspecified atom stereocenters. The number of ether oxygens (including phenoxy) is 1. The lowest BCUT2D eigenvalue weighted by Gasteiger charge is -2.46. The summed E-state index contributed by atoms with van der Waals surface area (Å²) in [5.74, 6) is 0.633. The SMILES string of the molecule is COc1cc(C2CCC(N3CC(NC(=O)CNC(=O)c4cccc(CF)c4)C3)CC2)ccn1. The second kappa shape index (κ2) is 10.7. The van der Waals surface area contributed by atoms with Crippen LogP contribution in [0.25, 0.3) is 0 Å². The van der Waals surface area contributed by atoms with Crippen LogP contribution in [-0.4, -0.2) is 60.5 Å². The predicted octanol–water partition coefficient (Wildman–Crippen LogP) is 2.82. The van der Waals surface area contributed by atoms with E-state index in [1.165, 1.54) is 11.6 Å². The van der Waals surface area contributed by atoms with Crippen LogP contribution in [-0.2, 0) is 11.5 Å². The fourth-order valence-electron chi connectivity index (χ4n) is 4.80. The Bertz CT molecular complexity index is 972. The number of halogens is 1. The van der Waals surface area contributed by atoms with Gasteiger partial charge >= 0.3 is 0 Å². The molecule has 2 aliphatic rings. The van der Waals surface area contributed by atoms with Gasteiger partial charge in [-0.25, -0.2) is 9.37 Å². The van der Waals surface area contributed by atoms with E-state index in [1.807, 2.05) is 12.3 Å². The number of nitrogens with zero attached hydrogens (tertiary/aromatic N) is 2. The Labute approximate surface area is 193 Å². The van der Waals surface area contributed by atoms with Gasteiger partial charge < -0.3 is 15.4 Å². The molecular weight excluding hydrogens is 423 g/mol. The number of hydrogen-bond donors (Lipinski definition) is 2. The number of amides is 2. The molecule has 33 heavy (non-hydrogen) atoms. The number of benzene rings is 1. The molecule has 1 aliphatic heterocycles. The van der Waals surface area contributed by atoms with Gasteiger partial charge in [-0.1, -0.05) is 12.1 Å². The molecule has 2 aromatic rings. The lowest BCUT2D eigenvalue weighted by molar-refractivity contribution is -0.122. The molecule has 0 radical (unpaired) electrons. The van der Waals surface area contributed by atoms with Crippen molar-refractivity contribution in [1.82, 2.24) is 20.5 Å². The Morgan fingerprint density at radius 2 is 1.94 bits per heavy atom. The van der Waals surface area contributed by atoms with Crippen LogP contribution in [0.5, 0.6) is 5.88 Å². The van der Waals surface area contributed by atoms with Crippen LogP contribution in [0.15, 0.2) is 42.6 Å². The third kappa shape index (κ3) is 5.87. The number of aromatic nitrogens is 1. The molecule has 2 amide bonds. The van der Waals surface area contributed by atoms with E-state index in [-0.39, 0.29) is 24.4 Å². The molecule has 1 saturated carbocycles. The molecular formula is C25H31FN4O3. The first-order valence-corrected chi connectivity index (χ1v) is 11.5. The quantitative estimate of drug-likeness (QED) is 0.641. The van der Waals surface area contributed by atoms with E-state index in [0.717, 1.165) is 38.8 Å². The van der Waals surface area contributed by atoms with Gasteiger partial charge in [-0.2, -0.15) is 0 Å². The molecule has 176 valence electrons. The average Bonchev–Trinajstić information content (AvgIpc) is 2.84. The monoisotopic (exact) mass is 454 g/mol. The Hall–Kier alpha value is -3.00. The Kier molecular flexibility index (Phi) is 7.54. The third-order valence-electron chi connectivity index (χ3n) is 6.68. The fraction of sp³-hybridized carbons (Fsp3) is 0.480. The smallest absolute Gasteiger partial charge is 0.251 e. The molecule has 2 fully saturated rings. The normalized spacial score (nSPS) is 21.2. The highest BCUT2D eigenvalue weighted by Crippen LogP contribution is 2.36. The standard InChI is InChI=1S/C25H31FN4O3/c1-33-24-12-19(9-10-27-24)18-5-7-22(8-6-18)30-15-21(16-30)29-23(31)14-28-25(32)20-4-2-3-17(11-20)13-26/h2-4,9-12,18,21-22H,5-8,13-16H2,1H3,(H,28,32)(H,29,31). The van der Waals surface area contributed by atoms with Gasteiger partial charge in [-0.05, 0) is 60.9 Å². The van der Waals surface area contributed by atoms with Gasteiger partial charge in [0.05, 0.1) is 19.7 Å². The average molecular weight is 455 g/mol. The van der Waals surface area contributed by atoms with Gasteiger partial charge in [0.15, 0.2) is 0 Å². The minimum atomic E-state index is -0.625. The highest BCUT2D eigenvalue weighted by molar-refractivity contribution is 5.96. The molecule has 2 N–H and O–H groups in total. The molecule has 1 aromatic heterocycles. The van der Waals surface area contributed by atoms with Gasteiger partial charge in [0.25, 0.3) is 5.91 Å². The molecule has 7 nitrogen and oxygen atoms in total. The number of methoxy groups -OCH3 is 1. The number of carbonyl (C=O) groups is 2. The maximum atomic E-state index is 12.8. The van der Waals surface area contributed by atoms with E-state index in [1.54, 1.807) is 25.3 Å². The Morgan fingerprint density at radius 1 is 1.15 bits per heavy atom. The number of rotatable bonds is 8. The Morgan fingerprint density at radius 3 is 2.67 bits per heavy atom. The van der Waals surface area contributed by atoms with E-state index in [9.17, 15) is 14.0 Å². The largest absolute Gasteiger partial charge is 0.481 e. The summed E-state index contributed by atoms with van der Waals surface area (Å²) in [6.07, 6.45) is 6.38. The zero-order valence-electron chi connectivity index (χ0n) is 18.9. The van der Waals surface area contributed by atoms with Crippen molar-refractivity contribution < 1.29 is 18.7 Å². The lowest BCUT2D eigenvalue weighted by atomic mass is 9.80. The Balaban J connectivity index is 1.15. The second-order valence-corrected chi connectivity index (χ2v) is 8.87. The summed E-state index contributed by atoms with van der Waals surface area (Å²) in [4.78, 5) is 31.0. The van der Waals surface area contributed by atoms with Crippen molar-refractivity contribution in [2.75, 3.05) is 26.7 Å². The van der Waals surface area contributed by atoms with E-state index in [4.69, 9.17) is 4.74 Å². The van der Waals surface area contributed by atoms with E-state index < -0.39 is 6.67 Å². The molecule has 1 saturated heterocycles. The predicted molar refractivity (Wildman–Crippen MR) is 123 cm³/mol. The summed E-state index contributed by atoms with van der Waals surface area (Å²) in [6.45, 7) is 0.975. The molecule has 1 aliphatic carbocycles. The van der Waals surface area contributed by atoms with Crippen molar-refractivity contribution in [1.29, 1.82) is 0 Å². The number of nitrogens with one attached hydrogen (secondary N) is 2. The van der Waals surface area contributed by atoms with Crippen molar-refractivity contribution >= 4 is 11.8 Å². The first-order chi connectivity index (χ1) is 16.1. The van der Waals surface area contributed by atoms with Crippen molar-refractivity contribution in [3.05, 3.63) is 59.3 Å². The number of carbonyl (C=O) groups excluding carboxylic acids is 2. The zero-order chi connectivity index (χ0) is 23.2. The molecule has 4 rings (SSSR count). The molecule has 0 spiro atoms. The van der Waals surface area contributed by atoms with Crippen molar-refractivity contribution in [3.63, 3.8) is 0 Å². The summed E-state index contributed by atoms with van der Waals surface area (Å²) >= 11 is 0. The number of hydrogen-bond acceptors (Lipinski definition) is 5. The van der Waals surface area contributed by atoms with Gasteiger partial charge in [-0.15, -0.1) is 0 Å². The van der Waals surface area contributed by atoms with Crippen LogP contribution in [0.3, 0.4) is 0 Å². The minimum absolute atomic E-state index is 0.0876. The van der Waals surface area contributed by atoms with Crippen LogP contribution in [0, 0.1) is 0 Å². The van der Waals surface area contributed by atoms with E-state index >= 15 is 0 Å². The van der Waals surface area contributed by atoms with Crippen molar-refractivity contribution in [3.8, 4) is 5.88 Å². The summed E-state index contributed by atoms with van der Waals surface area (Å²) in [7, 11) is 1.64. The van der Waals surface area contributed by atoms with Gasteiger partial charge in [-0.3, -0.25) is 14.5 Å². The van der Waals surface area contributed by atoms with Crippen LogP contribution >= 0.6 is 0 Å². The third-order valence-corrected chi connectivity index (χ3v) is 6.68. The second-order valence-electron chi connectivity index (χ2n) is 8.87. The topological polar surface area (TPSA) is 83.6 Å². The maximum Gasteiger partial charge on any atom is 0.251 e. The van der Waals surface area contributed by atoms with Crippen molar-refractivity contribution in [2.45, 2.75) is 50.4 Å². The van der Waals surface area contributed by atoms with Gasteiger partial charge in [0.2, 0.25) is 11.8 Å². The summed E-state index contributed by atoms with van der Waals surface area (Å²) < 4.78 is 18.0. The highest BCUT2D eigenvalue weighted by Gasteiger charge is 2.35. The fourth-order valence-corrected chi connectivity index (χ4v) is 4.80. The maximum absolute atomic E-state index is 12.8. The highest BCUT2D eigenvalue weighted by atomic mass is 19.1. The van der Waals surface area contributed by atoms with Gasteiger partial charge in [0, 0.05) is 37.0 Å². The lowest BCUT2D eigenvalue weighted by Crippen LogP contribution is -2.63. The van der Waals surface area contributed by atoms with Crippen LogP contribution in [0.1, 0.15) is 53.1 Å². The summed E-state index contributed by atoms with van der Waals surface area (Å²) in [5, 5.41) is 5.59. The molecule has 0 bridgehead atoms. The van der Waals surface area contributed by atoms with E-state index in [2.05, 4.69) is 26.6 Å². The van der Waals surface area contributed by atoms with Crippen LogP contribution in [0.2, 0.25) is 0 Å². The van der Waals surface area contributed by atoms with Crippen molar-refractivity contribution in [2.24, 2.45) is 0 Å². The van der Waals surface area contributed by atoms with E-state index in [0.29, 0.717) is 29.0 Å². The zero-order valence-corrected chi connectivity index (χ0v) is 18.9. The molecule has 0 atom stereocenters. The molecule has 2 heterocycles. The summed E-state index contributed by atoms with van der Waals surface area (Å²) in [5.41, 5.74) is 2.09. The first-order valence-electron chi connectivity index (χ1n) is 11.5. The number of likely N-dealkylation sites (tertiary alicyclic amines) is 1.